The molecule has 1 aromatic heterocycles. The Balaban J connectivity index is 1.92. The lowest BCUT2D eigenvalue weighted by molar-refractivity contribution is 0.108. The van der Waals surface area contributed by atoms with Crippen molar-refractivity contribution in [2.45, 2.75) is 25.9 Å². The molecular weight excluding hydrogens is 250 g/mol. The van der Waals surface area contributed by atoms with Gasteiger partial charge in [0.05, 0.1) is 12.1 Å². The van der Waals surface area contributed by atoms with E-state index in [2.05, 4.69) is 33.8 Å². The van der Waals surface area contributed by atoms with E-state index in [4.69, 9.17) is 10.5 Å². The monoisotopic (exact) mass is 269 g/mol. The number of piperazine rings is 1. The van der Waals surface area contributed by atoms with Crippen LogP contribution in [0.2, 0.25) is 0 Å². The lowest BCUT2D eigenvalue weighted by Gasteiger charge is -2.36. The quantitative estimate of drug-likeness (QED) is 0.826. The first-order valence-corrected chi connectivity index (χ1v) is 6.98. The number of aromatic nitrogens is 1. The zero-order valence-electron chi connectivity index (χ0n) is 11.8. The van der Waals surface area contributed by atoms with Crippen molar-refractivity contribution in [3.8, 4) is 12.1 Å². The molecule has 2 rings (SSSR count). The minimum atomic E-state index is 0.0326. The van der Waals surface area contributed by atoms with Gasteiger partial charge in [-0.1, -0.05) is 13.0 Å². The molecule has 1 aliphatic rings. The average Bonchev–Trinajstić information content (AvgIpc) is 2.51. The second kappa shape index (κ2) is 7.00. The van der Waals surface area contributed by atoms with Gasteiger partial charge in [-0.15, -0.1) is 0 Å². The van der Waals surface area contributed by atoms with Crippen molar-refractivity contribution < 1.29 is 0 Å². The molecule has 0 amide bonds. The highest BCUT2D eigenvalue weighted by atomic mass is 15.3. The van der Waals surface area contributed by atoms with E-state index in [1.54, 1.807) is 6.20 Å². The van der Waals surface area contributed by atoms with Crippen LogP contribution in [0.25, 0.3) is 0 Å². The normalized spacial score (nSPS) is 18.1. The molecule has 5 heteroatoms. The molecule has 0 radical (unpaired) electrons. The van der Waals surface area contributed by atoms with Crippen molar-refractivity contribution in [1.82, 2.24) is 14.8 Å². The molecule has 1 aliphatic heterocycles. The molecule has 1 unspecified atom stereocenters. The fourth-order valence-corrected chi connectivity index (χ4v) is 2.57. The highest BCUT2D eigenvalue weighted by molar-refractivity contribution is 5.30. The van der Waals surface area contributed by atoms with Gasteiger partial charge in [-0.2, -0.15) is 10.5 Å². The molecule has 1 atom stereocenters. The lowest BCUT2D eigenvalue weighted by atomic mass is 10.1. The third kappa shape index (κ3) is 3.33. The molecule has 0 bridgehead atoms. The number of nitriles is 2. The van der Waals surface area contributed by atoms with E-state index in [9.17, 15) is 0 Å². The van der Waals surface area contributed by atoms with Crippen molar-refractivity contribution in [1.29, 1.82) is 10.5 Å². The van der Waals surface area contributed by atoms with Crippen LogP contribution in [0.5, 0.6) is 0 Å². The Morgan fingerprint density at radius 2 is 2.05 bits per heavy atom. The van der Waals surface area contributed by atoms with Crippen molar-refractivity contribution >= 4 is 0 Å². The molecule has 0 spiro atoms. The summed E-state index contributed by atoms with van der Waals surface area (Å²) in [5, 5.41) is 18.1. The number of hydrogen-bond acceptors (Lipinski definition) is 5. The molecule has 1 fully saturated rings. The maximum absolute atomic E-state index is 9.10. The van der Waals surface area contributed by atoms with E-state index in [0.717, 1.165) is 44.7 Å². The molecule has 5 nitrogen and oxygen atoms in total. The molecule has 20 heavy (non-hydrogen) atoms. The summed E-state index contributed by atoms with van der Waals surface area (Å²) in [6.07, 6.45) is 2.52. The van der Waals surface area contributed by atoms with Gasteiger partial charge in [-0.3, -0.25) is 9.80 Å². The molecule has 0 aliphatic carbocycles. The molecule has 0 N–H and O–H groups in total. The largest absolute Gasteiger partial charge is 0.296 e. The SMILES string of the molecule is CCC(C#N)N1CCN(Cc2cccnc2C#N)CC1. The third-order valence-corrected chi connectivity index (χ3v) is 3.77. The third-order valence-electron chi connectivity index (χ3n) is 3.77. The number of nitrogens with zero attached hydrogens (tertiary/aromatic N) is 5. The van der Waals surface area contributed by atoms with E-state index in [1.165, 1.54) is 0 Å². The lowest BCUT2D eigenvalue weighted by Crippen LogP contribution is -2.49. The maximum atomic E-state index is 9.10. The number of hydrogen-bond donors (Lipinski definition) is 0. The Kier molecular flexibility index (Phi) is 5.06. The number of pyridine rings is 1. The Morgan fingerprint density at radius 3 is 2.65 bits per heavy atom. The van der Waals surface area contributed by atoms with Gasteiger partial charge >= 0.3 is 0 Å². The fourth-order valence-electron chi connectivity index (χ4n) is 2.57. The van der Waals surface area contributed by atoms with Crippen LogP contribution in [0.3, 0.4) is 0 Å². The molecule has 0 aromatic carbocycles. The van der Waals surface area contributed by atoms with E-state index in [-0.39, 0.29) is 6.04 Å². The van der Waals surface area contributed by atoms with Crippen molar-refractivity contribution in [3.63, 3.8) is 0 Å². The Labute approximate surface area is 120 Å². The van der Waals surface area contributed by atoms with Crippen LogP contribution in [0.15, 0.2) is 18.3 Å². The van der Waals surface area contributed by atoms with Gasteiger partial charge in [0.25, 0.3) is 0 Å². The maximum Gasteiger partial charge on any atom is 0.144 e. The van der Waals surface area contributed by atoms with Gasteiger partial charge in [0.2, 0.25) is 0 Å². The van der Waals surface area contributed by atoms with E-state index >= 15 is 0 Å². The van der Waals surface area contributed by atoms with Gasteiger partial charge in [-0.25, -0.2) is 4.98 Å². The number of rotatable bonds is 4. The summed E-state index contributed by atoms with van der Waals surface area (Å²) < 4.78 is 0. The van der Waals surface area contributed by atoms with Crippen molar-refractivity contribution in [3.05, 3.63) is 29.6 Å². The predicted octanol–water partition coefficient (Wildman–Crippen LogP) is 1.37. The van der Waals surface area contributed by atoms with Crippen molar-refractivity contribution in [2.24, 2.45) is 0 Å². The van der Waals surface area contributed by atoms with Gasteiger partial charge in [-0.05, 0) is 12.5 Å². The molecule has 104 valence electrons. The summed E-state index contributed by atoms with van der Waals surface area (Å²) in [5.41, 5.74) is 1.49. The summed E-state index contributed by atoms with van der Waals surface area (Å²) in [4.78, 5) is 8.65. The van der Waals surface area contributed by atoms with Crippen LogP contribution < -0.4 is 0 Å². The summed E-state index contributed by atoms with van der Waals surface area (Å²) >= 11 is 0. The first kappa shape index (κ1) is 14.5. The molecular formula is C15H19N5. The highest BCUT2D eigenvalue weighted by Gasteiger charge is 2.22. The van der Waals surface area contributed by atoms with Crippen LogP contribution in [0.1, 0.15) is 24.6 Å². The van der Waals surface area contributed by atoms with E-state index in [1.807, 2.05) is 12.1 Å². The summed E-state index contributed by atoms with van der Waals surface area (Å²) in [7, 11) is 0. The second-order valence-electron chi connectivity index (χ2n) is 4.99. The van der Waals surface area contributed by atoms with Crippen LogP contribution in [-0.2, 0) is 6.54 Å². The van der Waals surface area contributed by atoms with Gasteiger partial charge in [0, 0.05) is 44.5 Å². The zero-order valence-corrected chi connectivity index (χ0v) is 11.8. The van der Waals surface area contributed by atoms with Crippen LogP contribution >= 0.6 is 0 Å². The Bertz CT molecular complexity index is 520. The standard InChI is InChI=1S/C15H19N5/c1-2-14(10-16)20-8-6-19(7-9-20)12-13-4-3-5-18-15(13)11-17/h3-5,14H,2,6-9,12H2,1H3. The molecule has 0 saturated carbocycles. The zero-order chi connectivity index (χ0) is 14.4. The predicted molar refractivity (Wildman–Crippen MR) is 75.5 cm³/mol. The van der Waals surface area contributed by atoms with E-state index in [0.29, 0.717) is 5.69 Å². The minimum Gasteiger partial charge on any atom is -0.296 e. The Hall–Kier alpha value is -1.95. The fraction of sp³-hybridized carbons (Fsp3) is 0.533. The van der Waals surface area contributed by atoms with Gasteiger partial charge in [0.15, 0.2) is 0 Å². The van der Waals surface area contributed by atoms with Crippen LogP contribution in [0, 0.1) is 22.7 Å². The van der Waals surface area contributed by atoms with Crippen molar-refractivity contribution in [2.75, 3.05) is 26.2 Å². The van der Waals surface area contributed by atoms with Gasteiger partial charge in [0.1, 0.15) is 11.8 Å². The van der Waals surface area contributed by atoms with Crippen LogP contribution in [0.4, 0.5) is 0 Å². The first-order chi connectivity index (χ1) is 9.78. The average molecular weight is 269 g/mol. The summed E-state index contributed by atoms with van der Waals surface area (Å²) in [6, 6.07) is 8.36. The first-order valence-electron chi connectivity index (χ1n) is 6.98. The molecule has 1 saturated heterocycles. The topological polar surface area (TPSA) is 67.0 Å². The minimum absolute atomic E-state index is 0.0326. The second-order valence-corrected chi connectivity index (χ2v) is 4.99. The Morgan fingerprint density at radius 1 is 1.30 bits per heavy atom. The molecule has 2 heterocycles. The summed E-state index contributed by atoms with van der Waals surface area (Å²) in [5.74, 6) is 0. The van der Waals surface area contributed by atoms with Crippen LogP contribution in [-0.4, -0.2) is 47.0 Å². The smallest absolute Gasteiger partial charge is 0.144 e. The summed E-state index contributed by atoms with van der Waals surface area (Å²) in [6.45, 7) is 6.49. The van der Waals surface area contributed by atoms with Gasteiger partial charge < -0.3 is 0 Å². The molecule has 1 aromatic rings. The van der Waals surface area contributed by atoms with E-state index < -0.39 is 0 Å². The highest BCUT2D eigenvalue weighted by Crippen LogP contribution is 2.13.